The highest BCUT2D eigenvalue weighted by Crippen LogP contribution is 2.30. The molecule has 5 heteroatoms. The minimum Gasteiger partial charge on any atom is -0.328 e. The van der Waals surface area contributed by atoms with Crippen LogP contribution in [-0.2, 0) is 10.0 Å². The van der Waals surface area contributed by atoms with Crippen LogP contribution < -0.4 is 5.73 Å². The number of piperidine rings is 1. The molecule has 90 valence electrons. The fraction of sp³-hybridized carbons (Fsp3) is 1.00. The second-order valence-electron chi connectivity index (χ2n) is 5.23. The van der Waals surface area contributed by atoms with Gasteiger partial charge in [0.05, 0.1) is 5.25 Å². The van der Waals surface area contributed by atoms with Gasteiger partial charge in [-0.15, -0.1) is 0 Å². The first-order valence-electron chi connectivity index (χ1n) is 5.45. The third-order valence-corrected chi connectivity index (χ3v) is 5.53. The summed E-state index contributed by atoms with van der Waals surface area (Å²) in [4.78, 5) is 0. The number of nitrogens with zero attached hydrogens (tertiary/aromatic N) is 1. The summed E-state index contributed by atoms with van der Waals surface area (Å²) in [6.07, 6.45) is 1.49. The van der Waals surface area contributed by atoms with Gasteiger partial charge in [0.2, 0.25) is 10.0 Å². The van der Waals surface area contributed by atoms with Crippen molar-refractivity contribution in [3.63, 3.8) is 0 Å². The maximum absolute atomic E-state index is 12.1. The average molecular weight is 234 g/mol. The maximum Gasteiger partial charge on any atom is 0.216 e. The molecule has 1 aliphatic heterocycles. The standard InChI is InChI=1S/C10H22N2O2S/c1-8(2)15(13,14)12-6-5-9(11)7-10(12,3)4/h8-9H,5-7,11H2,1-4H3. The Labute approximate surface area is 92.9 Å². The number of hydrogen-bond donors (Lipinski definition) is 1. The fourth-order valence-corrected chi connectivity index (χ4v) is 3.79. The van der Waals surface area contributed by atoms with E-state index in [4.69, 9.17) is 5.73 Å². The van der Waals surface area contributed by atoms with E-state index in [1.807, 2.05) is 13.8 Å². The Balaban J connectivity index is 2.97. The van der Waals surface area contributed by atoms with Crippen LogP contribution in [0.4, 0.5) is 0 Å². The molecular weight excluding hydrogens is 212 g/mol. The van der Waals surface area contributed by atoms with Gasteiger partial charge in [-0.1, -0.05) is 0 Å². The summed E-state index contributed by atoms with van der Waals surface area (Å²) in [5.41, 5.74) is 5.52. The fourth-order valence-electron chi connectivity index (χ4n) is 2.16. The molecular formula is C10H22N2O2S. The minimum absolute atomic E-state index is 0.124. The Morgan fingerprint density at radius 1 is 1.40 bits per heavy atom. The maximum atomic E-state index is 12.1. The first-order valence-corrected chi connectivity index (χ1v) is 6.95. The summed E-state index contributed by atoms with van der Waals surface area (Å²) in [7, 11) is -3.15. The molecule has 1 fully saturated rings. The Kier molecular flexibility index (Phi) is 3.48. The summed E-state index contributed by atoms with van der Waals surface area (Å²) in [6.45, 7) is 7.90. The molecule has 1 saturated heterocycles. The van der Waals surface area contributed by atoms with Crippen LogP contribution >= 0.6 is 0 Å². The molecule has 0 amide bonds. The zero-order valence-electron chi connectivity index (χ0n) is 10.0. The molecule has 0 aromatic heterocycles. The number of sulfonamides is 1. The van der Waals surface area contributed by atoms with E-state index in [1.165, 1.54) is 0 Å². The Hall–Kier alpha value is -0.130. The summed E-state index contributed by atoms with van der Waals surface area (Å²) in [5, 5.41) is -0.355. The van der Waals surface area contributed by atoms with E-state index in [2.05, 4.69) is 0 Å². The molecule has 2 N–H and O–H groups in total. The number of nitrogens with two attached hydrogens (primary N) is 1. The van der Waals surface area contributed by atoms with Crippen LogP contribution in [0.1, 0.15) is 40.5 Å². The molecule has 1 unspecified atom stereocenters. The third kappa shape index (κ3) is 2.52. The topological polar surface area (TPSA) is 63.4 Å². The van der Waals surface area contributed by atoms with E-state index in [9.17, 15) is 8.42 Å². The van der Waals surface area contributed by atoms with Crippen LogP contribution in [0.25, 0.3) is 0 Å². The van der Waals surface area contributed by atoms with Gasteiger partial charge >= 0.3 is 0 Å². The van der Waals surface area contributed by atoms with Crippen molar-refractivity contribution in [3.05, 3.63) is 0 Å². The minimum atomic E-state index is -3.15. The van der Waals surface area contributed by atoms with Gasteiger partial charge in [-0.2, -0.15) is 4.31 Å². The van der Waals surface area contributed by atoms with Gasteiger partial charge in [-0.05, 0) is 40.5 Å². The van der Waals surface area contributed by atoms with Crippen LogP contribution in [0, 0.1) is 0 Å². The lowest BCUT2D eigenvalue weighted by Crippen LogP contribution is -2.57. The predicted molar refractivity (Wildman–Crippen MR) is 62.1 cm³/mol. The van der Waals surface area contributed by atoms with Crippen molar-refractivity contribution < 1.29 is 8.42 Å². The number of rotatable bonds is 2. The molecule has 0 aromatic rings. The molecule has 0 radical (unpaired) electrons. The normalized spacial score (nSPS) is 28.3. The highest BCUT2D eigenvalue weighted by molar-refractivity contribution is 7.89. The van der Waals surface area contributed by atoms with Crippen LogP contribution in [-0.4, -0.2) is 36.1 Å². The summed E-state index contributed by atoms with van der Waals surface area (Å²) < 4.78 is 25.8. The van der Waals surface area contributed by atoms with E-state index in [0.717, 1.165) is 12.8 Å². The molecule has 1 rings (SSSR count). The van der Waals surface area contributed by atoms with E-state index in [0.29, 0.717) is 6.54 Å². The van der Waals surface area contributed by atoms with Crippen molar-refractivity contribution in [1.82, 2.24) is 4.31 Å². The van der Waals surface area contributed by atoms with Crippen molar-refractivity contribution in [3.8, 4) is 0 Å². The first kappa shape index (κ1) is 12.9. The van der Waals surface area contributed by atoms with Gasteiger partial charge in [0.15, 0.2) is 0 Å². The van der Waals surface area contributed by atoms with E-state index < -0.39 is 10.0 Å². The van der Waals surface area contributed by atoms with E-state index >= 15 is 0 Å². The van der Waals surface area contributed by atoms with Gasteiger partial charge in [0, 0.05) is 18.1 Å². The molecule has 15 heavy (non-hydrogen) atoms. The van der Waals surface area contributed by atoms with Crippen molar-refractivity contribution in [2.75, 3.05) is 6.54 Å². The van der Waals surface area contributed by atoms with Crippen LogP contribution in [0.15, 0.2) is 0 Å². The smallest absolute Gasteiger partial charge is 0.216 e. The average Bonchev–Trinajstić information content (AvgIpc) is 2.00. The SMILES string of the molecule is CC(C)S(=O)(=O)N1CCC(N)CC1(C)C. The van der Waals surface area contributed by atoms with Gasteiger partial charge in [-0.3, -0.25) is 0 Å². The lowest BCUT2D eigenvalue weighted by atomic mass is 9.90. The van der Waals surface area contributed by atoms with E-state index in [-0.39, 0.29) is 16.8 Å². The molecule has 1 atom stereocenters. The Morgan fingerprint density at radius 3 is 2.33 bits per heavy atom. The van der Waals surface area contributed by atoms with Crippen molar-refractivity contribution in [2.24, 2.45) is 5.73 Å². The molecule has 0 aromatic carbocycles. The molecule has 4 nitrogen and oxygen atoms in total. The molecule has 1 heterocycles. The predicted octanol–water partition coefficient (Wildman–Crippen LogP) is 0.926. The highest BCUT2D eigenvalue weighted by Gasteiger charge is 2.41. The van der Waals surface area contributed by atoms with Crippen molar-refractivity contribution >= 4 is 10.0 Å². The lowest BCUT2D eigenvalue weighted by Gasteiger charge is -2.44. The zero-order valence-corrected chi connectivity index (χ0v) is 10.8. The molecule has 0 aliphatic carbocycles. The van der Waals surface area contributed by atoms with E-state index in [1.54, 1.807) is 18.2 Å². The Morgan fingerprint density at radius 2 is 1.93 bits per heavy atom. The van der Waals surface area contributed by atoms with Crippen molar-refractivity contribution in [2.45, 2.75) is 57.4 Å². The zero-order chi connectivity index (χ0) is 11.9. The highest BCUT2D eigenvalue weighted by atomic mass is 32.2. The largest absolute Gasteiger partial charge is 0.328 e. The summed E-state index contributed by atoms with van der Waals surface area (Å²) in [6, 6.07) is 0.124. The quantitative estimate of drug-likeness (QED) is 0.773. The Bertz CT molecular complexity index is 322. The summed E-state index contributed by atoms with van der Waals surface area (Å²) >= 11 is 0. The second kappa shape index (κ2) is 4.03. The van der Waals surface area contributed by atoms with Crippen molar-refractivity contribution in [1.29, 1.82) is 0 Å². The van der Waals surface area contributed by atoms with Gasteiger partial charge in [0.25, 0.3) is 0 Å². The van der Waals surface area contributed by atoms with Crippen LogP contribution in [0.5, 0.6) is 0 Å². The van der Waals surface area contributed by atoms with Gasteiger partial charge < -0.3 is 5.73 Å². The molecule has 0 bridgehead atoms. The second-order valence-corrected chi connectivity index (χ2v) is 7.64. The monoisotopic (exact) mass is 234 g/mol. The molecule has 0 saturated carbocycles. The third-order valence-electron chi connectivity index (χ3n) is 3.04. The first-order chi connectivity index (χ1) is 6.68. The van der Waals surface area contributed by atoms with Gasteiger partial charge in [-0.25, -0.2) is 8.42 Å². The van der Waals surface area contributed by atoms with Gasteiger partial charge in [0.1, 0.15) is 0 Å². The summed E-state index contributed by atoms with van der Waals surface area (Å²) in [5.74, 6) is 0. The number of hydrogen-bond acceptors (Lipinski definition) is 3. The molecule has 1 aliphatic rings. The molecule has 0 spiro atoms. The lowest BCUT2D eigenvalue weighted by molar-refractivity contribution is 0.153. The van der Waals surface area contributed by atoms with Crippen LogP contribution in [0.3, 0.4) is 0 Å². The van der Waals surface area contributed by atoms with Crippen LogP contribution in [0.2, 0.25) is 0 Å².